The highest BCUT2D eigenvalue weighted by atomic mass is 16.4. The van der Waals surface area contributed by atoms with E-state index < -0.39 is 5.97 Å². The SMILES string of the molecule is Cc1cn2c(CC(=O)O)cnc2[nH]1. The molecule has 0 unspecified atom stereocenters. The smallest absolute Gasteiger partial charge is 0.309 e. The minimum Gasteiger partial charge on any atom is -0.481 e. The summed E-state index contributed by atoms with van der Waals surface area (Å²) in [5, 5.41) is 8.60. The third kappa shape index (κ3) is 1.28. The van der Waals surface area contributed by atoms with E-state index in [2.05, 4.69) is 9.97 Å². The Morgan fingerprint density at radius 1 is 1.77 bits per heavy atom. The number of aryl methyl sites for hydroxylation is 1. The fourth-order valence-corrected chi connectivity index (χ4v) is 1.32. The fourth-order valence-electron chi connectivity index (χ4n) is 1.32. The Kier molecular flexibility index (Phi) is 1.58. The van der Waals surface area contributed by atoms with Crippen LogP contribution in [-0.2, 0) is 11.2 Å². The maximum Gasteiger partial charge on any atom is 0.309 e. The van der Waals surface area contributed by atoms with Gasteiger partial charge in [-0.3, -0.25) is 9.20 Å². The number of aromatic amines is 1. The summed E-state index contributed by atoms with van der Waals surface area (Å²) in [4.78, 5) is 17.5. The number of aromatic nitrogens is 3. The first kappa shape index (κ1) is 7.85. The second kappa shape index (κ2) is 2.62. The molecule has 0 bridgehead atoms. The molecule has 0 aromatic carbocycles. The van der Waals surface area contributed by atoms with Gasteiger partial charge in [-0.2, -0.15) is 0 Å². The molecule has 2 N–H and O–H groups in total. The van der Waals surface area contributed by atoms with Crippen LogP contribution in [-0.4, -0.2) is 25.4 Å². The summed E-state index contributed by atoms with van der Waals surface area (Å²) in [7, 11) is 0. The monoisotopic (exact) mass is 179 g/mol. The predicted molar refractivity (Wildman–Crippen MR) is 45.6 cm³/mol. The molecule has 0 amide bonds. The highest BCUT2D eigenvalue weighted by molar-refractivity contribution is 5.69. The first-order chi connectivity index (χ1) is 6.16. The van der Waals surface area contributed by atoms with Crippen LogP contribution in [0.1, 0.15) is 11.4 Å². The number of imidazole rings is 2. The molecule has 0 spiro atoms. The van der Waals surface area contributed by atoms with Gasteiger partial charge in [0.25, 0.3) is 0 Å². The third-order valence-electron chi connectivity index (χ3n) is 1.84. The van der Waals surface area contributed by atoms with Crippen molar-refractivity contribution < 1.29 is 9.90 Å². The number of carboxylic acid groups (broad SMARTS) is 1. The Labute approximate surface area is 74.0 Å². The minimum absolute atomic E-state index is 0.00153. The molecule has 0 aliphatic rings. The second-order valence-electron chi connectivity index (χ2n) is 2.95. The predicted octanol–water partition coefficient (Wildman–Crippen LogP) is 0.598. The second-order valence-corrected chi connectivity index (χ2v) is 2.95. The highest BCUT2D eigenvalue weighted by Gasteiger charge is 2.08. The van der Waals surface area contributed by atoms with Gasteiger partial charge in [0.05, 0.1) is 18.3 Å². The zero-order chi connectivity index (χ0) is 9.42. The molecule has 0 aliphatic heterocycles. The molecule has 2 rings (SSSR count). The summed E-state index contributed by atoms with van der Waals surface area (Å²) in [5.74, 6) is -0.158. The third-order valence-corrected chi connectivity index (χ3v) is 1.84. The molecule has 2 heterocycles. The lowest BCUT2D eigenvalue weighted by Crippen LogP contribution is -2.02. The van der Waals surface area contributed by atoms with Crippen LogP contribution < -0.4 is 0 Å². The number of hydrogen-bond donors (Lipinski definition) is 2. The van der Waals surface area contributed by atoms with Gasteiger partial charge in [-0.25, -0.2) is 4.98 Å². The Morgan fingerprint density at radius 3 is 3.23 bits per heavy atom. The zero-order valence-corrected chi connectivity index (χ0v) is 7.11. The van der Waals surface area contributed by atoms with Gasteiger partial charge >= 0.3 is 5.97 Å². The van der Waals surface area contributed by atoms with E-state index in [-0.39, 0.29) is 6.42 Å². The van der Waals surface area contributed by atoms with E-state index >= 15 is 0 Å². The average Bonchev–Trinajstić information content (AvgIpc) is 2.51. The average molecular weight is 179 g/mol. The molecule has 0 atom stereocenters. The van der Waals surface area contributed by atoms with E-state index in [1.807, 2.05) is 13.1 Å². The summed E-state index contributed by atoms with van der Waals surface area (Å²) < 4.78 is 1.75. The van der Waals surface area contributed by atoms with Crippen LogP contribution in [0.25, 0.3) is 5.78 Å². The molecule has 13 heavy (non-hydrogen) atoms. The standard InChI is InChI=1S/C8H9N3O2/c1-5-4-11-6(2-7(12)13)3-9-8(11)10-5/h3-4H,2H2,1H3,(H,9,10)(H,12,13). The number of hydrogen-bond acceptors (Lipinski definition) is 2. The van der Waals surface area contributed by atoms with Crippen LogP contribution in [0, 0.1) is 6.92 Å². The summed E-state index contributed by atoms with van der Waals surface area (Å²) in [6.45, 7) is 1.90. The van der Waals surface area contributed by atoms with Gasteiger partial charge in [-0.05, 0) is 6.92 Å². The molecule has 0 saturated carbocycles. The first-order valence-electron chi connectivity index (χ1n) is 3.90. The van der Waals surface area contributed by atoms with E-state index in [1.54, 1.807) is 10.6 Å². The van der Waals surface area contributed by atoms with Crippen LogP contribution in [0.5, 0.6) is 0 Å². The van der Waals surface area contributed by atoms with Gasteiger partial charge in [0, 0.05) is 11.9 Å². The molecule has 2 aromatic rings. The number of carbonyl (C=O) groups is 1. The van der Waals surface area contributed by atoms with E-state index in [0.717, 1.165) is 5.69 Å². The van der Waals surface area contributed by atoms with E-state index in [9.17, 15) is 4.79 Å². The maximum absolute atomic E-state index is 10.5. The van der Waals surface area contributed by atoms with Crippen molar-refractivity contribution in [3.63, 3.8) is 0 Å². The summed E-state index contributed by atoms with van der Waals surface area (Å²) in [6, 6.07) is 0. The summed E-state index contributed by atoms with van der Waals surface area (Å²) in [6.07, 6.45) is 3.40. The maximum atomic E-state index is 10.5. The molecule has 5 heteroatoms. The number of nitrogens with zero attached hydrogens (tertiary/aromatic N) is 2. The van der Waals surface area contributed by atoms with Crippen LogP contribution in [0.4, 0.5) is 0 Å². The number of nitrogens with one attached hydrogen (secondary N) is 1. The Morgan fingerprint density at radius 2 is 2.54 bits per heavy atom. The van der Waals surface area contributed by atoms with Crippen molar-refractivity contribution in [2.75, 3.05) is 0 Å². The van der Waals surface area contributed by atoms with Gasteiger partial charge in [-0.1, -0.05) is 0 Å². The first-order valence-corrected chi connectivity index (χ1v) is 3.90. The fraction of sp³-hybridized carbons (Fsp3) is 0.250. The molecule has 2 aromatic heterocycles. The molecule has 5 nitrogen and oxygen atoms in total. The van der Waals surface area contributed by atoms with Crippen LogP contribution >= 0.6 is 0 Å². The van der Waals surface area contributed by atoms with Gasteiger partial charge in [0.2, 0.25) is 5.78 Å². The van der Waals surface area contributed by atoms with Crippen LogP contribution in [0.2, 0.25) is 0 Å². The van der Waals surface area contributed by atoms with Crippen LogP contribution in [0.15, 0.2) is 12.4 Å². The van der Waals surface area contributed by atoms with Crippen molar-refractivity contribution in [3.05, 3.63) is 23.8 Å². The molecule has 68 valence electrons. The zero-order valence-electron chi connectivity index (χ0n) is 7.11. The number of carboxylic acids is 1. The van der Waals surface area contributed by atoms with Gasteiger partial charge in [-0.15, -0.1) is 0 Å². The molecular weight excluding hydrogens is 170 g/mol. The van der Waals surface area contributed by atoms with Crippen molar-refractivity contribution in [1.29, 1.82) is 0 Å². The van der Waals surface area contributed by atoms with Gasteiger partial charge in [0.1, 0.15) is 0 Å². The lowest BCUT2D eigenvalue weighted by Gasteiger charge is -1.91. The number of rotatable bonds is 2. The minimum atomic E-state index is -0.847. The molecular formula is C8H9N3O2. The number of H-pyrrole nitrogens is 1. The quantitative estimate of drug-likeness (QED) is 0.709. The molecule has 0 fully saturated rings. The topological polar surface area (TPSA) is 70.4 Å². The molecule has 0 aliphatic carbocycles. The lowest BCUT2D eigenvalue weighted by molar-refractivity contribution is -0.136. The largest absolute Gasteiger partial charge is 0.481 e. The van der Waals surface area contributed by atoms with Crippen molar-refractivity contribution in [2.24, 2.45) is 0 Å². The lowest BCUT2D eigenvalue weighted by atomic mass is 10.3. The molecule has 0 saturated heterocycles. The number of aliphatic carboxylic acids is 1. The van der Waals surface area contributed by atoms with Crippen molar-refractivity contribution in [3.8, 4) is 0 Å². The highest BCUT2D eigenvalue weighted by Crippen LogP contribution is 2.07. The van der Waals surface area contributed by atoms with Crippen LogP contribution in [0.3, 0.4) is 0 Å². The number of fused-ring (bicyclic) bond motifs is 1. The van der Waals surface area contributed by atoms with Crippen molar-refractivity contribution in [2.45, 2.75) is 13.3 Å². The summed E-state index contributed by atoms with van der Waals surface area (Å²) >= 11 is 0. The normalized spacial score (nSPS) is 10.8. The Bertz CT molecular complexity index is 455. The Hall–Kier alpha value is -1.78. The molecule has 0 radical (unpaired) electrons. The van der Waals surface area contributed by atoms with Gasteiger partial charge in [0.15, 0.2) is 0 Å². The van der Waals surface area contributed by atoms with E-state index in [1.165, 1.54) is 0 Å². The van der Waals surface area contributed by atoms with Crippen molar-refractivity contribution in [1.82, 2.24) is 14.4 Å². The van der Waals surface area contributed by atoms with E-state index in [4.69, 9.17) is 5.11 Å². The summed E-state index contributed by atoms with van der Waals surface area (Å²) in [5.41, 5.74) is 1.65. The van der Waals surface area contributed by atoms with Gasteiger partial charge < -0.3 is 10.1 Å². The Balaban J connectivity index is 2.50. The van der Waals surface area contributed by atoms with Crippen molar-refractivity contribution >= 4 is 11.7 Å². The van der Waals surface area contributed by atoms with E-state index in [0.29, 0.717) is 11.5 Å².